The van der Waals surface area contributed by atoms with Crippen LogP contribution in [0.4, 0.5) is 0 Å². The van der Waals surface area contributed by atoms with Crippen LogP contribution >= 0.6 is 0 Å². The summed E-state index contributed by atoms with van der Waals surface area (Å²) in [5.41, 5.74) is 0.803. The van der Waals surface area contributed by atoms with Crippen LogP contribution in [0.25, 0.3) is 0 Å². The van der Waals surface area contributed by atoms with Crippen LogP contribution in [-0.4, -0.2) is 16.3 Å². The maximum absolute atomic E-state index is 9.91. The molecule has 19 heavy (non-hydrogen) atoms. The van der Waals surface area contributed by atoms with Gasteiger partial charge in [-0.2, -0.15) is 0 Å². The molecule has 0 aromatic heterocycles. The van der Waals surface area contributed by atoms with E-state index in [2.05, 4.69) is 12.2 Å². The van der Waals surface area contributed by atoms with Gasteiger partial charge in [0.05, 0.1) is 0 Å². The second-order valence-electron chi connectivity index (χ2n) is 6.65. The molecule has 4 rings (SSSR count). The molecule has 1 aromatic rings. The first-order chi connectivity index (χ1) is 9.15. The first-order valence-electron chi connectivity index (χ1n) is 7.43. The minimum atomic E-state index is 0.0992. The molecule has 5 atom stereocenters. The van der Waals surface area contributed by atoms with Crippen molar-refractivity contribution in [2.45, 2.75) is 38.3 Å². The van der Waals surface area contributed by atoms with Crippen molar-refractivity contribution >= 4 is 0 Å². The van der Waals surface area contributed by atoms with Crippen molar-refractivity contribution in [1.29, 1.82) is 0 Å². The largest absolute Gasteiger partial charge is 0.508 e. The highest BCUT2D eigenvalue weighted by Gasteiger charge is 2.64. The van der Waals surface area contributed by atoms with Crippen molar-refractivity contribution in [2.24, 2.45) is 23.7 Å². The van der Waals surface area contributed by atoms with Gasteiger partial charge in [0.15, 0.2) is 0 Å². The summed E-state index contributed by atoms with van der Waals surface area (Å²) in [5, 5.41) is 23.1. The van der Waals surface area contributed by atoms with E-state index >= 15 is 0 Å². The van der Waals surface area contributed by atoms with Gasteiger partial charge in [0, 0.05) is 17.6 Å². The molecule has 0 amide bonds. The second kappa shape index (κ2) is 3.89. The van der Waals surface area contributed by atoms with Crippen LogP contribution in [0.1, 0.15) is 37.8 Å². The number of fused-ring (bicyclic) bond motifs is 5. The molecular weight excluding hydrogens is 238 g/mol. The molecule has 0 heterocycles. The summed E-state index contributed by atoms with van der Waals surface area (Å²) in [7, 11) is 0. The molecule has 3 aliphatic rings. The molecule has 0 saturated heterocycles. The van der Waals surface area contributed by atoms with Crippen molar-refractivity contribution in [3.63, 3.8) is 0 Å². The molecule has 1 aromatic carbocycles. The predicted octanol–water partition coefficient (Wildman–Crippen LogP) is 2.79. The number of phenolic OH excluding ortho intramolecular Hbond substituents is 2. The maximum Gasteiger partial charge on any atom is 0.120 e. The lowest BCUT2D eigenvalue weighted by atomic mass is 10.0. The molecule has 0 spiro atoms. The average Bonchev–Trinajstić information content (AvgIpc) is 2.80. The van der Waals surface area contributed by atoms with E-state index < -0.39 is 0 Å². The van der Waals surface area contributed by atoms with Gasteiger partial charge in [0.25, 0.3) is 0 Å². The average molecular weight is 259 g/mol. The molecule has 3 N–H and O–H groups in total. The van der Waals surface area contributed by atoms with Crippen LogP contribution in [0.2, 0.25) is 0 Å². The molecule has 102 valence electrons. The summed E-state index contributed by atoms with van der Waals surface area (Å²) in [6.45, 7) is 2.07. The number of hydrogen-bond donors (Lipinski definition) is 3. The van der Waals surface area contributed by atoms with E-state index in [0.29, 0.717) is 6.04 Å². The molecule has 3 nitrogen and oxygen atoms in total. The molecule has 3 heteroatoms. The first-order valence-corrected chi connectivity index (χ1v) is 7.43. The fraction of sp³-hybridized carbons (Fsp3) is 0.625. The van der Waals surface area contributed by atoms with Gasteiger partial charge < -0.3 is 15.5 Å². The fourth-order valence-electron chi connectivity index (χ4n) is 4.82. The zero-order chi connectivity index (χ0) is 13.1. The number of hydrogen-bond acceptors (Lipinski definition) is 3. The molecular formula is C16H21NO2. The summed E-state index contributed by atoms with van der Waals surface area (Å²) in [6.07, 6.45) is 4.31. The lowest BCUT2D eigenvalue weighted by molar-refractivity contribution is 0.413. The molecule has 5 unspecified atom stereocenters. The van der Waals surface area contributed by atoms with E-state index in [1.165, 1.54) is 25.3 Å². The Morgan fingerprint density at radius 1 is 1.16 bits per heavy atom. The van der Waals surface area contributed by atoms with Gasteiger partial charge in [-0.3, -0.25) is 0 Å². The van der Waals surface area contributed by atoms with Crippen LogP contribution < -0.4 is 5.32 Å². The van der Waals surface area contributed by atoms with E-state index in [4.69, 9.17) is 0 Å². The van der Waals surface area contributed by atoms with E-state index in [0.717, 1.165) is 29.2 Å². The van der Waals surface area contributed by atoms with Gasteiger partial charge >= 0.3 is 0 Å². The third kappa shape index (κ3) is 1.68. The molecule has 3 aliphatic carbocycles. The molecule has 3 fully saturated rings. The van der Waals surface area contributed by atoms with Gasteiger partial charge in [0.2, 0.25) is 0 Å². The third-order valence-electron chi connectivity index (χ3n) is 5.66. The van der Waals surface area contributed by atoms with Crippen molar-refractivity contribution < 1.29 is 10.2 Å². The molecule has 0 radical (unpaired) electrons. The monoisotopic (exact) mass is 259 g/mol. The Hall–Kier alpha value is -1.22. The molecule has 0 aliphatic heterocycles. The second-order valence-corrected chi connectivity index (χ2v) is 6.65. The number of phenols is 2. The Morgan fingerprint density at radius 2 is 1.84 bits per heavy atom. The zero-order valence-corrected chi connectivity index (χ0v) is 11.2. The summed E-state index contributed by atoms with van der Waals surface area (Å²) in [5.74, 6) is 4.18. The van der Waals surface area contributed by atoms with Crippen molar-refractivity contribution in [3.05, 3.63) is 23.8 Å². The SMILES string of the molecule is CC(NC1C2C3CCC(C3)C12)c1cc(O)ccc1O. The minimum absolute atomic E-state index is 0.0992. The quantitative estimate of drug-likeness (QED) is 0.732. The van der Waals surface area contributed by atoms with Gasteiger partial charge in [0.1, 0.15) is 11.5 Å². The van der Waals surface area contributed by atoms with E-state index in [-0.39, 0.29) is 17.5 Å². The van der Waals surface area contributed by atoms with E-state index in [1.54, 1.807) is 12.1 Å². The van der Waals surface area contributed by atoms with Gasteiger partial charge in [-0.05, 0) is 68.1 Å². The maximum atomic E-state index is 9.91. The highest BCUT2D eigenvalue weighted by atomic mass is 16.3. The number of rotatable bonds is 3. The summed E-state index contributed by atoms with van der Waals surface area (Å²) < 4.78 is 0. The highest BCUT2D eigenvalue weighted by Crippen LogP contribution is 2.65. The standard InChI is InChI=1S/C16H21NO2/c1-8(12-7-11(18)4-5-13(12)19)17-16-14-9-2-3-10(6-9)15(14)16/h4-5,7-10,14-19H,2-3,6H2,1H3. The topological polar surface area (TPSA) is 52.5 Å². The Morgan fingerprint density at radius 3 is 2.53 bits per heavy atom. The van der Waals surface area contributed by atoms with Crippen molar-refractivity contribution in [1.82, 2.24) is 5.32 Å². The Labute approximate surface area is 113 Å². The summed E-state index contributed by atoms with van der Waals surface area (Å²) >= 11 is 0. The molecule has 2 bridgehead atoms. The van der Waals surface area contributed by atoms with Crippen LogP contribution in [0.15, 0.2) is 18.2 Å². The molecule has 3 saturated carbocycles. The summed E-state index contributed by atoms with van der Waals surface area (Å²) in [4.78, 5) is 0. The predicted molar refractivity (Wildman–Crippen MR) is 72.9 cm³/mol. The zero-order valence-electron chi connectivity index (χ0n) is 11.2. The highest BCUT2D eigenvalue weighted by molar-refractivity contribution is 5.40. The van der Waals surface area contributed by atoms with E-state index in [1.807, 2.05) is 0 Å². The Balaban J connectivity index is 1.48. The summed E-state index contributed by atoms with van der Waals surface area (Å²) in [6, 6.07) is 5.50. The van der Waals surface area contributed by atoms with Gasteiger partial charge in [-0.15, -0.1) is 0 Å². The van der Waals surface area contributed by atoms with Crippen LogP contribution in [0, 0.1) is 23.7 Å². The number of aromatic hydroxyl groups is 2. The van der Waals surface area contributed by atoms with Gasteiger partial charge in [-0.25, -0.2) is 0 Å². The smallest absolute Gasteiger partial charge is 0.120 e. The number of nitrogens with one attached hydrogen (secondary N) is 1. The van der Waals surface area contributed by atoms with Crippen molar-refractivity contribution in [3.8, 4) is 11.5 Å². The lowest BCUT2D eigenvalue weighted by Crippen LogP contribution is -2.26. The third-order valence-corrected chi connectivity index (χ3v) is 5.66. The van der Waals surface area contributed by atoms with Crippen LogP contribution in [-0.2, 0) is 0 Å². The minimum Gasteiger partial charge on any atom is -0.508 e. The normalized spacial score (nSPS) is 40.2. The number of benzene rings is 1. The van der Waals surface area contributed by atoms with E-state index in [9.17, 15) is 10.2 Å². The van der Waals surface area contributed by atoms with Crippen LogP contribution in [0.5, 0.6) is 11.5 Å². The lowest BCUT2D eigenvalue weighted by Gasteiger charge is -2.18. The van der Waals surface area contributed by atoms with Crippen LogP contribution in [0.3, 0.4) is 0 Å². The van der Waals surface area contributed by atoms with Gasteiger partial charge in [-0.1, -0.05) is 0 Å². The fourth-order valence-corrected chi connectivity index (χ4v) is 4.82. The Bertz CT molecular complexity index is 499. The first kappa shape index (κ1) is 11.6. The Kier molecular flexibility index (Phi) is 2.37. The van der Waals surface area contributed by atoms with Crippen molar-refractivity contribution in [2.75, 3.05) is 0 Å².